The van der Waals surface area contributed by atoms with E-state index in [1.54, 1.807) is 0 Å². The van der Waals surface area contributed by atoms with E-state index in [4.69, 9.17) is 4.74 Å². The predicted molar refractivity (Wildman–Crippen MR) is 99.3 cm³/mol. The summed E-state index contributed by atoms with van der Waals surface area (Å²) in [5.74, 6) is 1.51. The molecule has 1 heterocycles. The first-order chi connectivity index (χ1) is 12.2. The number of hydrogen-bond donors (Lipinski definition) is 0. The number of thioether (sulfide) groups is 1. The van der Waals surface area contributed by atoms with Crippen LogP contribution in [0.4, 0.5) is 0 Å². The molecule has 1 aliphatic rings. The lowest BCUT2D eigenvalue weighted by Crippen LogP contribution is -2.13. The molecule has 0 unspecified atom stereocenters. The van der Waals surface area contributed by atoms with Gasteiger partial charge in [-0.2, -0.15) is 0 Å². The standard InChI is InChI=1S/C19H25N3O2S/c1-3-24-17(23)13-25-19-21-20-18(15-10-5-4-6-11-15)22(19)16-12-8-7-9-14(16)2/h7-9,12,15H,3-6,10-11,13H2,1-2H3. The Kier molecular flexibility index (Phi) is 6.13. The van der Waals surface area contributed by atoms with E-state index in [-0.39, 0.29) is 11.7 Å². The van der Waals surface area contributed by atoms with Crippen LogP contribution >= 0.6 is 11.8 Å². The topological polar surface area (TPSA) is 57.0 Å². The molecule has 0 amide bonds. The third kappa shape index (κ3) is 4.24. The molecule has 0 spiro atoms. The van der Waals surface area contributed by atoms with Crippen molar-refractivity contribution in [3.63, 3.8) is 0 Å². The fourth-order valence-electron chi connectivity index (χ4n) is 3.37. The number of nitrogens with zero attached hydrogens (tertiary/aromatic N) is 3. The Labute approximate surface area is 153 Å². The highest BCUT2D eigenvalue weighted by molar-refractivity contribution is 7.99. The van der Waals surface area contributed by atoms with Gasteiger partial charge in [0.05, 0.1) is 18.0 Å². The van der Waals surface area contributed by atoms with Gasteiger partial charge in [-0.15, -0.1) is 10.2 Å². The molecule has 3 rings (SSSR count). The minimum Gasteiger partial charge on any atom is -0.465 e. The van der Waals surface area contributed by atoms with Gasteiger partial charge in [0.1, 0.15) is 5.82 Å². The Balaban J connectivity index is 1.93. The van der Waals surface area contributed by atoms with Crippen LogP contribution in [-0.4, -0.2) is 33.1 Å². The zero-order chi connectivity index (χ0) is 17.6. The number of carbonyl (C=O) groups is 1. The number of ether oxygens (including phenoxy) is 1. The predicted octanol–water partition coefficient (Wildman–Crippen LogP) is 4.28. The van der Waals surface area contributed by atoms with Crippen molar-refractivity contribution in [3.8, 4) is 5.69 Å². The van der Waals surface area contributed by atoms with Gasteiger partial charge in [-0.1, -0.05) is 49.2 Å². The van der Waals surface area contributed by atoms with Crippen LogP contribution in [0.3, 0.4) is 0 Å². The van der Waals surface area contributed by atoms with Crippen molar-refractivity contribution in [2.75, 3.05) is 12.4 Å². The number of rotatable bonds is 6. The highest BCUT2D eigenvalue weighted by Crippen LogP contribution is 2.35. The first-order valence-electron chi connectivity index (χ1n) is 9.00. The molecule has 5 nitrogen and oxygen atoms in total. The molecule has 25 heavy (non-hydrogen) atoms. The molecule has 1 aromatic carbocycles. The maximum absolute atomic E-state index is 11.7. The second-order valence-electron chi connectivity index (χ2n) is 6.39. The largest absolute Gasteiger partial charge is 0.465 e. The van der Waals surface area contributed by atoms with Crippen molar-refractivity contribution in [1.82, 2.24) is 14.8 Å². The van der Waals surface area contributed by atoms with E-state index >= 15 is 0 Å². The van der Waals surface area contributed by atoms with Crippen molar-refractivity contribution in [2.24, 2.45) is 0 Å². The number of aromatic nitrogens is 3. The summed E-state index contributed by atoms with van der Waals surface area (Å²) in [6.07, 6.45) is 6.12. The van der Waals surface area contributed by atoms with Crippen LogP contribution in [0.2, 0.25) is 0 Å². The van der Waals surface area contributed by atoms with Crippen molar-refractivity contribution < 1.29 is 9.53 Å². The van der Waals surface area contributed by atoms with Gasteiger partial charge in [0.25, 0.3) is 0 Å². The average molecular weight is 359 g/mol. The zero-order valence-corrected chi connectivity index (χ0v) is 15.7. The molecule has 0 aliphatic heterocycles. The van der Waals surface area contributed by atoms with E-state index in [1.165, 1.54) is 36.6 Å². The van der Waals surface area contributed by atoms with Crippen LogP contribution in [0.25, 0.3) is 5.69 Å². The van der Waals surface area contributed by atoms with Gasteiger partial charge in [0.2, 0.25) is 0 Å². The second kappa shape index (κ2) is 8.52. The Bertz CT molecular complexity index is 723. The fourth-order valence-corrected chi connectivity index (χ4v) is 4.12. The Morgan fingerprint density at radius 1 is 1.24 bits per heavy atom. The van der Waals surface area contributed by atoms with Gasteiger partial charge >= 0.3 is 5.97 Å². The van der Waals surface area contributed by atoms with E-state index in [9.17, 15) is 4.79 Å². The van der Waals surface area contributed by atoms with Crippen LogP contribution in [0.15, 0.2) is 29.4 Å². The number of benzene rings is 1. The van der Waals surface area contributed by atoms with Gasteiger partial charge in [-0.25, -0.2) is 0 Å². The van der Waals surface area contributed by atoms with Crippen LogP contribution in [0.5, 0.6) is 0 Å². The molecule has 1 fully saturated rings. The van der Waals surface area contributed by atoms with E-state index in [2.05, 4.69) is 33.8 Å². The number of aryl methyl sites for hydroxylation is 1. The van der Waals surface area contributed by atoms with Crippen LogP contribution in [-0.2, 0) is 9.53 Å². The smallest absolute Gasteiger partial charge is 0.316 e. The number of para-hydroxylation sites is 1. The highest BCUT2D eigenvalue weighted by Gasteiger charge is 2.25. The Morgan fingerprint density at radius 2 is 2.00 bits per heavy atom. The van der Waals surface area contributed by atoms with Gasteiger partial charge in [0.15, 0.2) is 5.16 Å². The van der Waals surface area contributed by atoms with Crippen molar-refractivity contribution in [3.05, 3.63) is 35.7 Å². The molecule has 2 aromatic rings. The molecule has 0 radical (unpaired) electrons. The summed E-state index contributed by atoms with van der Waals surface area (Å²) in [6.45, 7) is 4.32. The third-order valence-electron chi connectivity index (χ3n) is 4.61. The molecular formula is C19H25N3O2S. The highest BCUT2D eigenvalue weighted by atomic mass is 32.2. The first-order valence-corrected chi connectivity index (χ1v) is 9.99. The van der Waals surface area contributed by atoms with Gasteiger partial charge in [-0.05, 0) is 38.3 Å². The van der Waals surface area contributed by atoms with E-state index in [1.807, 2.05) is 19.1 Å². The quantitative estimate of drug-likeness (QED) is 0.569. The molecule has 1 saturated carbocycles. The lowest BCUT2D eigenvalue weighted by molar-refractivity contribution is -0.139. The molecule has 0 atom stereocenters. The summed E-state index contributed by atoms with van der Waals surface area (Å²) in [5, 5.41) is 9.70. The number of carbonyl (C=O) groups excluding carboxylic acids is 1. The van der Waals surface area contributed by atoms with Gasteiger partial charge < -0.3 is 4.74 Å². The molecule has 0 bridgehead atoms. The summed E-state index contributed by atoms with van der Waals surface area (Å²) in [6, 6.07) is 8.26. The maximum Gasteiger partial charge on any atom is 0.316 e. The molecular weight excluding hydrogens is 334 g/mol. The summed E-state index contributed by atoms with van der Waals surface area (Å²) in [4.78, 5) is 11.7. The molecule has 0 N–H and O–H groups in total. The van der Waals surface area contributed by atoms with E-state index in [0.717, 1.165) is 29.5 Å². The van der Waals surface area contributed by atoms with Crippen molar-refractivity contribution in [1.29, 1.82) is 0 Å². The Morgan fingerprint density at radius 3 is 2.72 bits per heavy atom. The number of hydrogen-bond acceptors (Lipinski definition) is 5. The minimum atomic E-state index is -0.217. The monoisotopic (exact) mass is 359 g/mol. The first kappa shape index (κ1) is 18.0. The third-order valence-corrected chi connectivity index (χ3v) is 5.51. The van der Waals surface area contributed by atoms with Crippen molar-refractivity contribution in [2.45, 2.75) is 57.0 Å². The normalized spacial score (nSPS) is 15.3. The average Bonchev–Trinajstić information content (AvgIpc) is 3.05. The summed E-state index contributed by atoms with van der Waals surface area (Å²) >= 11 is 1.40. The van der Waals surface area contributed by atoms with Crippen LogP contribution < -0.4 is 0 Å². The van der Waals surface area contributed by atoms with Crippen molar-refractivity contribution >= 4 is 17.7 Å². The molecule has 1 aliphatic carbocycles. The van der Waals surface area contributed by atoms with Crippen LogP contribution in [0.1, 0.15) is 56.3 Å². The second-order valence-corrected chi connectivity index (χ2v) is 7.33. The molecule has 0 saturated heterocycles. The molecule has 134 valence electrons. The SMILES string of the molecule is CCOC(=O)CSc1nnc(C2CCCCC2)n1-c1ccccc1C. The minimum absolute atomic E-state index is 0.217. The number of esters is 1. The Hall–Kier alpha value is -1.82. The van der Waals surface area contributed by atoms with E-state index in [0.29, 0.717) is 12.5 Å². The maximum atomic E-state index is 11.7. The van der Waals surface area contributed by atoms with Crippen LogP contribution in [0, 0.1) is 6.92 Å². The molecule has 6 heteroatoms. The van der Waals surface area contributed by atoms with E-state index < -0.39 is 0 Å². The summed E-state index contributed by atoms with van der Waals surface area (Å²) < 4.78 is 7.19. The summed E-state index contributed by atoms with van der Waals surface area (Å²) in [7, 11) is 0. The lowest BCUT2D eigenvalue weighted by Gasteiger charge is -2.22. The fraction of sp³-hybridized carbons (Fsp3) is 0.526. The lowest BCUT2D eigenvalue weighted by atomic mass is 9.88. The summed E-state index contributed by atoms with van der Waals surface area (Å²) in [5.41, 5.74) is 2.27. The van der Waals surface area contributed by atoms with Gasteiger partial charge in [-0.3, -0.25) is 9.36 Å². The van der Waals surface area contributed by atoms with Gasteiger partial charge in [0, 0.05) is 5.92 Å². The zero-order valence-electron chi connectivity index (χ0n) is 14.9. The molecule has 1 aromatic heterocycles.